The molecule has 0 radical (unpaired) electrons. The minimum absolute atomic E-state index is 0.121. The summed E-state index contributed by atoms with van der Waals surface area (Å²) >= 11 is 0. The summed E-state index contributed by atoms with van der Waals surface area (Å²) in [6, 6.07) is 4.15. The van der Waals surface area contributed by atoms with Crippen LogP contribution in [0.25, 0.3) is 0 Å². The lowest BCUT2D eigenvalue weighted by Gasteiger charge is -2.34. The van der Waals surface area contributed by atoms with Crippen LogP contribution in [0, 0.1) is 0 Å². The normalized spacial score (nSPS) is 17.2. The highest BCUT2D eigenvalue weighted by Crippen LogP contribution is 2.50. The van der Waals surface area contributed by atoms with E-state index in [0.717, 1.165) is 37.3 Å². The first-order valence-electron chi connectivity index (χ1n) is 10.4. The van der Waals surface area contributed by atoms with Crippen LogP contribution in [0.4, 0.5) is 0 Å². The Labute approximate surface area is 181 Å². The first kappa shape index (κ1) is 24.7. The molecule has 1 aromatic carbocycles. The lowest BCUT2D eigenvalue weighted by atomic mass is 9.96. The largest absolute Gasteiger partial charge is 0.454 e. The third-order valence-electron chi connectivity index (χ3n) is 5.54. The number of ether oxygens (including phenoxy) is 2. The molecule has 0 fully saturated rings. The van der Waals surface area contributed by atoms with Crippen LogP contribution >= 0.6 is 7.59 Å². The predicted octanol–water partition coefficient (Wildman–Crippen LogP) is 3.14. The van der Waals surface area contributed by atoms with Gasteiger partial charge in [-0.3, -0.25) is 9.36 Å². The second-order valence-electron chi connectivity index (χ2n) is 8.15. The monoisotopic (exact) mass is 440 g/mol. The molecule has 30 heavy (non-hydrogen) atoms. The van der Waals surface area contributed by atoms with Crippen LogP contribution in [-0.2, 0) is 15.8 Å². The van der Waals surface area contributed by atoms with Crippen molar-refractivity contribution in [1.29, 1.82) is 0 Å². The van der Waals surface area contributed by atoms with E-state index >= 15 is 0 Å². The zero-order chi connectivity index (χ0) is 22.5. The summed E-state index contributed by atoms with van der Waals surface area (Å²) in [5.41, 5.74) is 2.68. The fraction of sp³-hybridized carbons (Fsp3) is 0.667. The number of hydrogen-bond acceptors (Lipinski definition) is 4. The standard InChI is InChI=1S/C15H19NO3.C6H18N3OP/c1-2-13(17)16-8-7-11-4-3-10-5-6-12-15(14(10)11)19-9-18-12;1-7(2)11(10,8(3)4)9(5)6/h5-6,11H,2-4,7-9H2,1H3,(H,16,17);1-6H3. The summed E-state index contributed by atoms with van der Waals surface area (Å²) < 4.78 is 28.4. The molecule has 8 nitrogen and oxygen atoms in total. The molecule has 1 unspecified atom stereocenters. The van der Waals surface area contributed by atoms with Gasteiger partial charge in [-0.25, -0.2) is 14.0 Å². The van der Waals surface area contributed by atoms with Gasteiger partial charge in [0.2, 0.25) is 12.7 Å². The highest BCUT2D eigenvalue weighted by molar-refractivity contribution is 7.56. The molecule has 9 heteroatoms. The van der Waals surface area contributed by atoms with Crippen molar-refractivity contribution in [1.82, 2.24) is 19.3 Å². The average molecular weight is 441 g/mol. The van der Waals surface area contributed by atoms with Crippen LogP contribution in [0.3, 0.4) is 0 Å². The van der Waals surface area contributed by atoms with Gasteiger partial charge in [0.1, 0.15) is 0 Å². The van der Waals surface area contributed by atoms with Gasteiger partial charge in [-0.05, 0) is 79.1 Å². The third kappa shape index (κ3) is 5.35. The van der Waals surface area contributed by atoms with Crippen LogP contribution in [0.15, 0.2) is 12.1 Å². The Bertz CT molecular complexity index is 754. The van der Waals surface area contributed by atoms with E-state index in [9.17, 15) is 9.36 Å². The fourth-order valence-corrected chi connectivity index (χ4v) is 6.19. The van der Waals surface area contributed by atoms with E-state index in [-0.39, 0.29) is 5.91 Å². The second-order valence-corrected chi connectivity index (χ2v) is 11.6. The molecule has 1 amide bonds. The molecule has 1 heterocycles. The molecule has 0 bridgehead atoms. The molecular weight excluding hydrogens is 403 g/mol. The number of nitrogens with one attached hydrogen (secondary N) is 1. The Morgan fingerprint density at radius 2 is 1.73 bits per heavy atom. The van der Waals surface area contributed by atoms with Gasteiger partial charge < -0.3 is 14.8 Å². The van der Waals surface area contributed by atoms with E-state index in [0.29, 0.717) is 19.1 Å². The summed E-state index contributed by atoms with van der Waals surface area (Å²) in [6.45, 7) is 2.94. The number of hydrogen-bond donors (Lipinski definition) is 1. The Morgan fingerprint density at radius 1 is 1.10 bits per heavy atom. The van der Waals surface area contributed by atoms with E-state index in [4.69, 9.17) is 9.47 Å². The number of fused-ring (bicyclic) bond motifs is 3. The zero-order valence-electron chi connectivity index (χ0n) is 19.4. The highest BCUT2D eigenvalue weighted by Gasteiger charge is 2.31. The number of nitrogens with zero attached hydrogens (tertiary/aromatic N) is 3. The molecule has 1 atom stereocenters. The molecule has 3 rings (SSSR count). The van der Waals surface area contributed by atoms with Crippen molar-refractivity contribution in [2.75, 3.05) is 55.6 Å². The topological polar surface area (TPSA) is 74.3 Å². The van der Waals surface area contributed by atoms with Crippen LogP contribution < -0.4 is 14.8 Å². The van der Waals surface area contributed by atoms with Crippen LogP contribution in [0.5, 0.6) is 11.5 Å². The molecule has 1 aliphatic heterocycles. The Hall–Kier alpha value is -1.60. The maximum atomic E-state index is 12.1. The smallest absolute Gasteiger partial charge is 0.285 e. The van der Waals surface area contributed by atoms with Crippen molar-refractivity contribution in [3.8, 4) is 11.5 Å². The zero-order valence-corrected chi connectivity index (χ0v) is 20.3. The summed E-state index contributed by atoms with van der Waals surface area (Å²) in [6.07, 6.45) is 3.75. The van der Waals surface area contributed by atoms with Gasteiger partial charge >= 0.3 is 0 Å². The molecule has 170 valence electrons. The van der Waals surface area contributed by atoms with Gasteiger partial charge in [-0.15, -0.1) is 0 Å². The lowest BCUT2D eigenvalue weighted by molar-refractivity contribution is -0.120. The minimum Gasteiger partial charge on any atom is -0.454 e. The molecule has 1 N–H and O–H groups in total. The van der Waals surface area contributed by atoms with Gasteiger partial charge in [0.05, 0.1) is 0 Å². The average Bonchev–Trinajstić information content (AvgIpc) is 3.33. The van der Waals surface area contributed by atoms with Crippen molar-refractivity contribution in [2.24, 2.45) is 0 Å². The number of carbonyl (C=O) groups excluding carboxylic acids is 1. The molecule has 1 aromatic rings. The highest BCUT2D eigenvalue weighted by atomic mass is 31.2. The maximum Gasteiger partial charge on any atom is 0.285 e. The van der Waals surface area contributed by atoms with Crippen molar-refractivity contribution < 1.29 is 18.8 Å². The van der Waals surface area contributed by atoms with Gasteiger partial charge in [0.15, 0.2) is 11.5 Å². The Morgan fingerprint density at radius 3 is 2.27 bits per heavy atom. The van der Waals surface area contributed by atoms with Gasteiger partial charge in [-0.1, -0.05) is 13.0 Å². The molecule has 2 aliphatic rings. The number of carbonyl (C=O) groups is 1. The van der Waals surface area contributed by atoms with Gasteiger partial charge in [-0.2, -0.15) is 0 Å². The molecule has 0 saturated carbocycles. The minimum atomic E-state index is -2.44. The third-order valence-corrected chi connectivity index (χ3v) is 8.66. The number of aryl methyl sites for hydroxylation is 1. The fourth-order valence-electron chi connectivity index (χ4n) is 4.05. The lowest BCUT2D eigenvalue weighted by Crippen LogP contribution is -2.30. The summed E-state index contributed by atoms with van der Waals surface area (Å²) in [7, 11) is 8.49. The Kier molecular flexibility index (Phi) is 8.73. The van der Waals surface area contributed by atoms with Crippen LogP contribution in [0.2, 0.25) is 0 Å². The van der Waals surface area contributed by atoms with Crippen molar-refractivity contribution in [3.63, 3.8) is 0 Å². The first-order chi connectivity index (χ1) is 14.1. The van der Waals surface area contributed by atoms with E-state index in [2.05, 4.69) is 11.4 Å². The molecule has 0 spiro atoms. The predicted molar refractivity (Wildman–Crippen MR) is 120 cm³/mol. The van der Waals surface area contributed by atoms with Gasteiger partial charge in [0, 0.05) is 18.5 Å². The van der Waals surface area contributed by atoms with E-state index in [1.165, 1.54) is 11.1 Å². The SMILES string of the molecule is CCC(=O)NCCC1CCc2ccc3c(c21)OCO3.CN(C)P(=O)(N(C)C)N(C)C. The number of amides is 1. The first-order valence-corrected chi connectivity index (χ1v) is 12.0. The Balaban J connectivity index is 0.000000252. The number of benzene rings is 1. The van der Waals surface area contributed by atoms with Crippen molar-refractivity contribution in [3.05, 3.63) is 23.3 Å². The van der Waals surface area contributed by atoms with E-state index in [1.54, 1.807) is 14.0 Å². The summed E-state index contributed by atoms with van der Waals surface area (Å²) in [4.78, 5) is 11.3. The molecule has 0 saturated heterocycles. The van der Waals surface area contributed by atoms with Crippen molar-refractivity contribution >= 4 is 13.5 Å². The molecular formula is C21H37N4O4P. The van der Waals surface area contributed by atoms with Crippen molar-refractivity contribution in [2.45, 2.75) is 38.5 Å². The maximum absolute atomic E-state index is 12.1. The second kappa shape index (κ2) is 10.6. The number of rotatable bonds is 7. The van der Waals surface area contributed by atoms with Gasteiger partial charge in [0.25, 0.3) is 7.59 Å². The molecule has 0 aromatic heterocycles. The van der Waals surface area contributed by atoms with E-state index in [1.807, 2.05) is 55.3 Å². The van der Waals surface area contributed by atoms with Crippen LogP contribution in [0.1, 0.15) is 43.2 Å². The summed E-state index contributed by atoms with van der Waals surface area (Å²) in [5.74, 6) is 2.39. The summed E-state index contributed by atoms with van der Waals surface area (Å²) in [5, 5.41) is 2.95. The molecule has 1 aliphatic carbocycles. The van der Waals surface area contributed by atoms with E-state index < -0.39 is 7.59 Å². The quantitative estimate of drug-likeness (QED) is 0.653. The van der Waals surface area contributed by atoms with Crippen LogP contribution in [-0.4, -0.2) is 75.5 Å².